The van der Waals surface area contributed by atoms with E-state index in [4.69, 9.17) is 4.74 Å². The van der Waals surface area contributed by atoms with Gasteiger partial charge in [-0.15, -0.1) is 0 Å². The van der Waals surface area contributed by atoms with Crippen molar-refractivity contribution < 1.29 is 9.84 Å². The standard InChI is InChI=1S/C21H26O2/c1-5-14-23-20-12-8-18(9-13-20)21(4,15-16(2)3)17-6-10-19(22)11-7-17/h5-13,16,22H,1,14-15H2,2-4H3. The van der Waals surface area contributed by atoms with Gasteiger partial charge in [0.05, 0.1) is 0 Å². The van der Waals surface area contributed by atoms with Gasteiger partial charge in [-0.2, -0.15) is 0 Å². The molecule has 0 aliphatic heterocycles. The van der Waals surface area contributed by atoms with E-state index in [1.54, 1.807) is 18.2 Å². The normalized spacial score (nSPS) is 13.6. The minimum atomic E-state index is -0.0984. The van der Waals surface area contributed by atoms with Crippen molar-refractivity contribution in [3.05, 3.63) is 72.3 Å². The van der Waals surface area contributed by atoms with E-state index in [1.807, 2.05) is 24.3 Å². The van der Waals surface area contributed by atoms with Gasteiger partial charge in [-0.05, 0) is 47.7 Å². The minimum absolute atomic E-state index is 0.0984. The molecule has 0 aliphatic rings. The van der Waals surface area contributed by atoms with E-state index < -0.39 is 0 Å². The zero-order valence-electron chi connectivity index (χ0n) is 14.3. The van der Waals surface area contributed by atoms with Crippen LogP contribution < -0.4 is 4.74 Å². The number of rotatable bonds is 7. The Kier molecular flexibility index (Phi) is 5.49. The molecule has 0 radical (unpaired) electrons. The van der Waals surface area contributed by atoms with Gasteiger partial charge >= 0.3 is 0 Å². The summed E-state index contributed by atoms with van der Waals surface area (Å²) in [7, 11) is 0. The first-order valence-electron chi connectivity index (χ1n) is 8.09. The molecule has 0 heterocycles. The molecule has 1 atom stereocenters. The molecule has 0 saturated carbocycles. The van der Waals surface area contributed by atoms with Crippen LogP contribution in [0.4, 0.5) is 0 Å². The van der Waals surface area contributed by atoms with Gasteiger partial charge in [-0.25, -0.2) is 0 Å². The summed E-state index contributed by atoms with van der Waals surface area (Å²) < 4.78 is 5.57. The van der Waals surface area contributed by atoms with Gasteiger partial charge in [-0.3, -0.25) is 0 Å². The first kappa shape index (κ1) is 17.1. The van der Waals surface area contributed by atoms with Crippen molar-refractivity contribution in [2.24, 2.45) is 5.92 Å². The van der Waals surface area contributed by atoms with E-state index >= 15 is 0 Å². The second-order valence-electron chi connectivity index (χ2n) is 6.60. The lowest BCUT2D eigenvalue weighted by Gasteiger charge is -2.33. The fraction of sp³-hybridized carbons (Fsp3) is 0.333. The first-order chi connectivity index (χ1) is 11.0. The number of phenols is 1. The lowest BCUT2D eigenvalue weighted by Crippen LogP contribution is -2.25. The van der Waals surface area contributed by atoms with E-state index in [0.29, 0.717) is 18.3 Å². The summed E-state index contributed by atoms with van der Waals surface area (Å²) >= 11 is 0. The van der Waals surface area contributed by atoms with Crippen LogP contribution in [0.25, 0.3) is 0 Å². The second kappa shape index (κ2) is 7.36. The Hall–Kier alpha value is -2.22. The van der Waals surface area contributed by atoms with Crippen molar-refractivity contribution >= 4 is 0 Å². The summed E-state index contributed by atoms with van der Waals surface area (Å²) in [6.45, 7) is 10.9. The summed E-state index contributed by atoms with van der Waals surface area (Å²) in [4.78, 5) is 0. The van der Waals surface area contributed by atoms with Crippen molar-refractivity contribution in [1.82, 2.24) is 0 Å². The van der Waals surface area contributed by atoms with Gasteiger partial charge in [0.15, 0.2) is 0 Å². The van der Waals surface area contributed by atoms with Gasteiger partial charge < -0.3 is 9.84 Å². The van der Waals surface area contributed by atoms with Crippen molar-refractivity contribution in [3.8, 4) is 11.5 Å². The number of hydrogen-bond donors (Lipinski definition) is 1. The molecule has 0 aromatic heterocycles. The van der Waals surface area contributed by atoms with Gasteiger partial charge in [0.1, 0.15) is 18.1 Å². The van der Waals surface area contributed by atoms with Crippen molar-refractivity contribution in [2.45, 2.75) is 32.6 Å². The Bertz CT molecular complexity index is 626. The quantitative estimate of drug-likeness (QED) is 0.702. The Balaban J connectivity index is 2.37. The van der Waals surface area contributed by atoms with E-state index in [-0.39, 0.29) is 5.41 Å². The first-order valence-corrected chi connectivity index (χ1v) is 8.09. The van der Waals surface area contributed by atoms with Crippen LogP contribution in [-0.2, 0) is 5.41 Å². The summed E-state index contributed by atoms with van der Waals surface area (Å²) in [5, 5.41) is 9.57. The van der Waals surface area contributed by atoms with E-state index in [2.05, 4.69) is 39.5 Å². The average Bonchev–Trinajstić information content (AvgIpc) is 2.53. The maximum Gasteiger partial charge on any atom is 0.119 e. The molecule has 23 heavy (non-hydrogen) atoms. The summed E-state index contributed by atoms with van der Waals surface area (Å²) in [5.41, 5.74) is 2.37. The molecular formula is C21H26O2. The Morgan fingerprint density at radius 2 is 1.57 bits per heavy atom. The molecule has 0 saturated heterocycles. The monoisotopic (exact) mass is 310 g/mol. The van der Waals surface area contributed by atoms with Crippen molar-refractivity contribution in [1.29, 1.82) is 0 Å². The third-order valence-electron chi connectivity index (χ3n) is 4.18. The molecule has 2 heteroatoms. The highest BCUT2D eigenvalue weighted by Crippen LogP contribution is 2.39. The summed E-state index contributed by atoms with van der Waals surface area (Å²) in [6.07, 6.45) is 2.78. The van der Waals surface area contributed by atoms with E-state index in [1.165, 1.54) is 11.1 Å². The highest BCUT2D eigenvalue weighted by molar-refractivity contribution is 5.42. The highest BCUT2D eigenvalue weighted by atomic mass is 16.5. The smallest absolute Gasteiger partial charge is 0.119 e. The van der Waals surface area contributed by atoms with Gasteiger partial charge in [0.2, 0.25) is 0 Å². The molecule has 2 aromatic carbocycles. The summed E-state index contributed by atoms with van der Waals surface area (Å²) in [5.74, 6) is 1.71. The van der Waals surface area contributed by atoms with Crippen LogP contribution >= 0.6 is 0 Å². The zero-order chi connectivity index (χ0) is 16.9. The number of hydrogen-bond acceptors (Lipinski definition) is 2. The maximum atomic E-state index is 9.57. The lowest BCUT2D eigenvalue weighted by atomic mass is 9.71. The average molecular weight is 310 g/mol. The zero-order valence-corrected chi connectivity index (χ0v) is 14.3. The van der Waals surface area contributed by atoms with Crippen LogP contribution in [0, 0.1) is 5.92 Å². The SMILES string of the molecule is C=CCOc1ccc(C(C)(CC(C)C)c2ccc(O)cc2)cc1. The van der Waals surface area contributed by atoms with Crippen LogP contribution in [0.15, 0.2) is 61.2 Å². The number of phenolic OH excluding ortho intramolecular Hbond substituents is 1. The van der Waals surface area contributed by atoms with Crippen molar-refractivity contribution in [3.63, 3.8) is 0 Å². The van der Waals surface area contributed by atoms with Gasteiger partial charge in [-0.1, -0.05) is 57.7 Å². The molecule has 1 unspecified atom stereocenters. The molecule has 2 aromatic rings. The van der Waals surface area contributed by atoms with Crippen LogP contribution in [0.3, 0.4) is 0 Å². The summed E-state index contributed by atoms with van der Waals surface area (Å²) in [6, 6.07) is 15.8. The molecule has 2 nitrogen and oxygen atoms in total. The topological polar surface area (TPSA) is 29.5 Å². The minimum Gasteiger partial charge on any atom is -0.508 e. The van der Waals surface area contributed by atoms with E-state index in [0.717, 1.165) is 12.2 Å². The lowest BCUT2D eigenvalue weighted by molar-refractivity contribution is 0.362. The van der Waals surface area contributed by atoms with Crippen LogP contribution in [0.2, 0.25) is 0 Å². The number of aromatic hydroxyl groups is 1. The number of benzene rings is 2. The molecule has 2 rings (SSSR count). The molecule has 0 fully saturated rings. The van der Waals surface area contributed by atoms with Crippen LogP contribution in [0.5, 0.6) is 11.5 Å². The van der Waals surface area contributed by atoms with Crippen LogP contribution in [-0.4, -0.2) is 11.7 Å². The molecule has 0 spiro atoms. The maximum absolute atomic E-state index is 9.57. The Labute approximate surface area is 139 Å². The largest absolute Gasteiger partial charge is 0.508 e. The molecule has 1 N–H and O–H groups in total. The van der Waals surface area contributed by atoms with Crippen molar-refractivity contribution in [2.75, 3.05) is 6.61 Å². The fourth-order valence-electron chi connectivity index (χ4n) is 3.12. The van der Waals surface area contributed by atoms with Gasteiger partial charge in [0, 0.05) is 5.41 Å². The molecular weight excluding hydrogens is 284 g/mol. The van der Waals surface area contributed by atoms with Gasteiger partial charge in [0.25, 0.3) is 0 Å². The third kappa shape index (κ3) is 4.16. The molecule has 0 aliphatic carbocycles. The predicted molar refractivity (Wildman–Crippen MR) is 96.1 cm³/mol. The highest BCUT2D eigenvalue weighted by Gasteiger charge is 2.29. The third-order valence-corrected chi connectivity index (χ3v) is 4.18. The molecule has 0 bridgehead atoms. The Morgan fingerprint density at radius 1 is 1.04 bits per heavy atom. The molecule has 122 valence electrons. The fourth-order valence-corrected chi connectivity index (χ4v) is 3.12. The van der Waals surface area contributed by atoms with Crippen LogP contribution in [0.1, 0.15) is 38.3 Å². The second-order valence-corrected chi connectivity index (χ2v) is 6.60. The molecule has 0 amide bonds. The number of ether oxygens (including phenoxy) is 1. The van der Waals surface area contributed by atoms with E-state index in [9.17, 15) is 5.11 Å². The Morgan fingerprint density at radius 3 is 2.04 bits per heavy atom. The predicted octanol–water partition coefficient (Wildman–Crippen LogP) is 5.31.